The lowest BCUT2D eigenvalue weighted by atomic mass is 9.88. The van der Waals surface area contributed by atoms with Crippen LogP contribution in [-0.4, -0.2) is 19.7 Å². The zero-order chi connectivity index (χ0) is 19.8. The van der Waals surface area contributed by atoms with Gasteiger partial charge in [0.25, 0.3) is 0 Å². The Morgan fingerprint density at radius 1 is 0.857 bits per heavy atom. The minimum Gasteiger partial charge on any atom is -0.496 e. The molecular weight excluding hydrogens is 342 g/mol. The van der Waals surface area contributed by atoms with Gasteiger partial charge in [0.15, 0.2) is 0 Å². The van der Waals surface area contributed by atoms with Crippen molar-refractivity contribution >= 4 is 0 Å². The Kier molecular flexibility index (Phi) is 7.27. The fourth-order valence-electron chi connectivity index (χ4n) is 3.86. The number of aryl methyl sites for hydroxylation is 1. The fourth-order valence-corrected chi connectivity index (χ4v) is 3.86. The predicted octanol–water partition coefficient (Wildman–Crippen LogP) is 5.75. The summed E-state index contributed by atoms with van der Waals surface area (Å²) in [5.41, 5.74) is 5.31. The minimum atomic E-state index is 0.422. The summed E-state index contributed by atoms with van der Waals surface area (Å²) in [6.07, 6.45) is 2.10. The molecule has 2 heteroatoms. The summed E-state index contributed by atoms with van der Waals surface area (Å²) in [6.45, 7) is 5.36. The summed E-state index contributed by atoms with van der Waals surface area (Å²) >= 11 is 0. The number of hydrogen-bond acceptors (Lipinski definition) is 2. The van der Waals surface area contributed by atoms with Crippen LogP contribution in [0.15, 0.2) is 78.9 Å². The van der Waals surface area contributed by atoms with Crippen LogP contribution in [0.25, 0.3) is 0 Å². The highest BCUT2D eigenvalue weighted by atomic mass is 16.5. The van der Waals surface area contributed by atoms with Gasteiger partial charge in [-0.3, -0.25) is 0 Å². The van der Waals surface area contributed by atoms with Gasteiger partial charge in [-0.25, -0.2) is 0 Å². The first kappa shape index (κ1) is 20.2. The molecule has 0 radical (unpaired) electrons. The van der Waals surface area contributed by atoms with Crippen molar-refractivity contribution in [3.8, 4) is 5.75 Å². The first-order valence-corrected chi connectivity index (χ1v) is 10.1. The van der Waals surface area contributed by atoms with Crippen molar-refractivity contribution in [2.45, 2.75) is 38.6 Å². The molecule has 0 saturated carbocycles. The van der Waals surface area contributed by atoms with Crippen molar-refractivity contribution in [3.63, 3.8) is 0 Å². The number of hydrogen-bond donors (Lipinski definition) is 1. The predicted molar refractivity (Wildman–Crippen MR) is 118 cm³/mol. The molecule has 3 aromatic carbocycles. The van der Waals surface area contributed by atoms with E-state index in [1.54, 1.807) is 7.11 Å². The topological polar surface area (TPSA) is 21.3 Å². The first-order valence-electron chi connectivity index (χ1n) is 10.1. The number of rotatable bonds is 9. The molecule has 2 nitrogen and oxygen atoms in total. The molecule has 1 unspecified atom stereocenters. The zero-order valence-corrected chi connectivity index (χ0v) is 17.2. The normalized spacial score (nSPS) is 12.1. The van der Waals surface area contributed by atoms with Crippen molar-refractivity contribution in [2.24, 2.45) is 0 Å². The van der Waals surface area contributed by atoms with Gasteiger partial charge in [0.1, 0.15) is 5.75 Å². The molecule has 0 bridgehead atoms. The largest absolute Gasteiger partial charge is 0.496 e. The van der Waals surface area contributed by atoms with Crippen molar-refractivity contribution in [3.05, 3.63) is 101 Å². The summed E-state index contributed by atoms with van der Waals surface area (Å²) in [4.78, 5) is 0. The third-order valence-electron chi connectivity index (χ3n) is 5.33. The van der Waals surface area contributed by atoms with E-state index in [9.17, 15) is 0 Å². The van der Waals surface area contributed by atoms with Crippen LogP contribution < -0.4 is 10.1 Å². The summed E-state index contributed by atoms with van der Waals surface area (Å²) in [5, 5.41) is 3.72. The van der Waals surface area contributed by atoms with Gasteiger partial charge in [-0.2, -0.15) is 0 Å². The van der Waals surface area contributed by atoms with E-state index < -0.39 is 0 Å². The van der Waals surface area contributed by atoms with Gasteiger partial charge in [0.05, 0.1) is 7.11 Å². The smallest absolute Gasteiger partial charge is 0.121 e. The third kappa shape index (κ3) is 5.46. The van der Waals surface area contributed by atoms with Crippen molar-refractivity contribution < 1.29 is 4.74 Å². The molecule has 0 saturated heterocycles. The van der Waals surface area contributed by atoms with Crippen LogP contribution in [0.4, 0.5) is 0 Å². The van der Waals surface area contributed by atoms with E-state index >= 15 is 0 Å². The molecule has 0 aliphatic carbocycles. The Bertz CT molecular complexity index is 805. The van der Waals surface area contributed by atoms with Crippen molar-refractivity contribution in [1.82, 2.24) is 5.32 Å². The highest BCUT2D eigenvalue weighted by molar-refractivity contribution is 5.36. The highest BCUT2D eigenvalue weighted by Crippen LogP contribution is 2.27. The van der Waals surface area contributed by atoms with E-state index in [1.165, 1.54) is 22.3 Å². The zero-order valence-electron chi connectivity index (χ0n) is 17.2. The quantitative estimate of drug-likeness (QED) is 0.516. The van der Waals surface area contributed by atoms with Crippen LogP contribution in [0.3, 0.4) is 0 Å². The summed E-state index contributed by atoms with van der Waals surface area (Å²) in [5.74, 6) is 1.38. The van der Waals surface area contributed by atoms with E-state index in [4.69, 9.17) is 4.74 Å². The van der Waals surface area contributed by atoms with E-state index in [-0.39, 0.29) is 0 Å². The Morgan fingerprint density at radius 2 is 1.46 bits per heavy atom. The number of benzene rings is 3. The molecule has 3 aromatic rings. The Balaban J connectivity index is 1.59. The molecule has 146 valence electrons. The lowest BCUT2D eigenvalue weighted by molar-refractivity contribution is 0.411. The van der Waals surface area contributed by atoms with Gasteiger partial charge >= 0.3 is 0 Å². The molecule has 3 rings (SSSR count). The second kappa shape index (κ2) is 10.1. The maximum Gasteiger partial charge on any atom is 0.121 e. The molecule has 0 aliphatic heterocycles. The van der Waals surface area contributed by atoms with Crippen LogP contribution in [-0.2, 0) is 6.42 Å². The lowest BCUT2D eigenvalue weighted by Crippen LogP contribution is -2.30. The van der Waals surface area contributed by atoms with Gasteiger partial charge in [-0.15, -0.1) is 0 Å². The molecular formula is C26H31NO. The molecule has 0 heterocycles. The van der Waals surface area contributed by atoms with E-state index in [0.717, 1.165) is 25.1 Å². The lowest BCUT2D eigenvalue weighted by Gasteiger charge is -2.20. The third-order valence-corrected chi connectivity index (χ3v) is 5.33. The monoisotopic (exact) mass is 373 g/mol. The van der Waals surface area contributed by atoms with E-state index in [1.807, 2.05) is 0 Å². The average molecular weight is 374 g/mol. The fraction of sp³-hybridized carbons (Fsp3) is 0.308. The van der Waals surface area contributed by atoms with Gasteiger partial charge in [-0.1, -0.05) is 72.8 Å². The van der Waals surface area contributed by atoms with Crippen LogP contribution in [0.2, 0.25) is 0 Å². The second-order valence-electron chi connectivity index (χ2n) is 7.53. The van der Waals surface area contributed by atoms with Crippen LogP contribution in [0.5, 0.6) is 5.75 Å². The maximum atomic E-state index is 5.36. The van der Waals surface area contributed by atoms with Crippen LogP contribution in [0.1, 0.15) is 41.5 Å². The van der Waals surface area contributed by atoms with Crippen molar-refractivity contribution in [2.75, 3.05) is 13.7 Å². The minimum absolute atomic E-state index is 0.422. The maximum absolute atomic E-state index is 5.36. The molecule has 0 amide bonds. The first-order chi connectivity index (χ1) is 13.7. The molecule has 0 aliphatic rings. The van der Waals surface area contributed by atoms with Crippen LogP contribution >= 0.6 is 0 Å². The number of nitrogens with one attached hydrogen (secondary N) is 1. The van der Waals surface area contributed by atoms with Crippen LogP contribution in [0, 0.1) is 6.92 Å². The molecule has 1 N–H and O–H groups in total. The van der Waals surface area contributed by atoms with Crippen molar-refractivity contribution in [1.29, 1.82) is 0 Å². The Morgan fingerprint density at radius 3 is 2.00 bits per heavy atom. The SMILES string of the molecule is COc1ccc(CC(C)NCCC(c2ccccc2)c2ccccc2)cc1C. The summed E-state index contributed by atoms with van der Waals surface area (Å²) in [7, 11) is 1.72. The Labute approximate surface area is 169 Å². The van der Waals surface area contributed by atoms with Gasteiger partial charge < -0.3 is 10.1 Å². The molecule has 1 atom stereocenters. The summed E-state index contributed by atoms with van der Waals surface area (Å²) < 4.78 is 5.36. The van der Waals surface area contributed by atoms with Gasteiger partial charge in [-0.05, 0) is 61.6 Å². The van der Waals surface area contributed by atoms with E-state index in [2.05, 4.69) is 98.0 Å². The molecule has 0 spiro atoms. The molecule has 0 fully saturated rings. The van der Waals surface area contributed by atoms with Gasteiger partial charge in [0, 0.05) is 12.0 Å². The average Bonchev–Trinajstić information content (AvgIpc) is 2.73. The van der Waals surface area contributed by atoms with E-state index in [0.29, 0.717) is 12.0 Å². The molecule has 0 aromatic heterocycles. The number of methoxy groups -OCH3 is 1. The Hall–Kier alpha value is -2.58. The standard InChI is InChI=1S/C26H31NO/c1-20-18-22(14-15-26(20)28-3)19-21(2)27-17-16-25(23-10-6-4-7-11-23)24-12-8-5-9-13-24/h4-15,18,21,25,27H,16-17,19H2,1-3H3. The highest BCUT2D eigenvalue weighted by Gasteiger charge is 2.14. The molecule has 28 heavy (non-hydrogen) atoms. The number of ether oxygens (including phenoxy) is 1. The second-order valence-corrected chi connectivity index (χ2v) is 7.53. The van der Waals surface area contributed by atoms with Gasteiger partial charge in [0.2, 0.25) is 0 Å². The summed E-state index contributed by atoms with van der Waals surface area (Å²) in [6, 6.07) is 28.5.